The molecule has 0 aliphatic rings. The molecule has 0 spiro atoms. The van der Waals surface area contributed by atoms with Gasteiger partial charge in [0.05, 0.1) is 12.8 Å². The van der Waals surface area contributed by atoms with Gasteiger partial charge in [0.1, 0.15) is 16.5 Å². The van der Waals surface area contributed by atoms with Gasteiger partial charge in [0.2, 0.25) is 0 Å². The van der Waals surface area contributed by atoms with Crippen LogP contribution in [-0.4, -0.2) is 10.9 Å². The Morgan fingerprint density at radius 1 is 1.29 bits per heavy atom. The van der Waals surface area contributed by atoms with Crippen molar-refractivity contribution in [2.75, 3.05) is 0 Å². The molecule has 5 heteroatoms. The summed E-state index contributed by atoms with van der Waals surface area (Å²) in [5, 5.41) is 5.40. The van der Waals surface area contributed by atoms with Crippen molar-refractivity contribution < 1.29 is 9.21 Å². The number of aromatic nitrogens is 1. The normalized spacial score (nSPS) is 10.5. The van der Waals surface area contributed by atoms with Crippen LogP contribution in [0.1, 0.15) is 21.8 Å². The van der Waals surface area contributed by atoms with Gasteiger partial charge in [-0.05, 0) is 19.1 Å². The van der Waals surface area contributed by atoms with Crippen molar-refractivity contribution in [3.63, 3.8) is 0 Å². The highest BCUT2D eigenvalue weighted by Gasteiger charge is 2.12. The summed E-state index contributed by atoms with van der Waals surface area (Å²) in [6.45, 7) is 2.41. The molecule has 0 saturated heterocycles. The van der Waals surface area contributed by atoms with Crippen molar-refractivity contribution in [3.05, 3.63) is 65.1 Å². The quantitative estimate of drug-likeness (QED) is 0.800. The molecule has 106 valence electrons. The number of benzene rings is 1. The Bertz CT molecular complexity index is 730. The van der Waals surface area contributed by atoms with E-state index in [2.05, 4.69) is 10.3 Å². The largest absolute Gasteiger partial charge is 0.467 e. The molecule has 0 unspecified atom stereocenters. The Morgan fingerprint density at radius 2 is 2.10 bits per heavy atom. The molecule has 0 aliphatic heterocycles. The molecule has 3 aromatic rings. The first-order valence-corrected chi connectivity index (χ1v) is 7.43. The van der Waals surface area contributed by atoms with E-state index >= 15 is 0 Å². The monoisotopic (exact) mass is 298 g/mol. The second-order valence-corrected chi connectivity index (χ2v) is 5.52. The number of rotatable bonds is 4. The molecule has 21 heavy (non-hydrogen) atoms. The van der Waals surface area contributed by atoms with E-state index in [1.807, 2.05) is 37.3 Å². The van der Waals surface area contributed by atoms with Crippen LogP contribution in [0, 0.1) is 6.92 Å². The standard InChI is InChI=1S/C16H14N2O2S/c1-11-4-6-12(7-5-11)16-18-14(10-21-16)15(19)17-9-13-3-2-8-20-13/h2-8,10H,9H2,1H3,(H,17,19). The molecule has 1 N–H and O–H groups in total. The molecule has 1 aromatic carbocycles. The summed E-state index contributed by atoms with van der Waals surface area (Å²) >= 11 is 1.46. The molecular formula is C16H14N2O2S. The number of carbonyl (C=O) groups is 1. The van der Waals surface area contributed by atoms with Crippen molar-refractivity contribution in [2.45, 2.75) is 13.5 Å². The topological polar surface area (TPSA) is 55.1 Å². The van der Waals surface area contributed by atoms with Gasteiger partial charge >= 0.3 is 0 Å². The van der Waals surface area contributed by atoms with E-state index in [-0.39, 0.29) is 5.91 Å². The minimum atomic E-state index is -0.194. The summed E-state index contributed by atoms with van der Waals surface area (Å²) in [6.07, 6.45) is 1.58. The summed E-state index contributed by atoms with van der Waals surface area (Å²) in [6, 6.07) is 11.7. The van der Waals surface area contributed by atoms with E-state index in [1.165, 1.54) is 16.9 Å². The Hall–Kier alpha value is -2.40. The lowest BCUT2D eigenvalue weighted by atomic mass is 10.2. The first kappa shape index (κ1) is 13.6. The van der Waals surface area contributed by atoms with Gasteiger partial charge in [0.25, 0.3) is 5.91 Å². The molecule has 2 heterocycles. The smallest absolute Gasteiger partial charge is 0.271 e. The van der Waals surface area contributed by atoms with Gasteiger partial charge in [-0.2, -0.15) is 0 Å². The highest BCUT2D eigenvalue weighted by molar-refractivity contribution is 7.13. The molecule has 0 saturated carbocycles. The SMILES string of the molecule is Cc1ccc(-c2nc(C(=O)NCc3ccco3)cs2)cc1. The predicted octanol–water partition coefficient (Wildman–Crippen LogP) is 3.64. The van der Waals surface area contributed by atoms with Gasteiger partial charge in [-0.25, -0.2) is 4.98 Å². The minimum absolute atomic E-state index is 0.194. The van der Waals surface area contributed by atoms with Crippen LogP contribution >= 0.6 is 11.3 Å². The molecule has 1 amide bonds. The molecule has 0 atom stereocenters. The number of hydrogen-bond acceptors (Lipinski definition) is 4. The Morgan fingerprint density at radius 3 is 2.81 bits per heavy atom. The second kappa shape index (κ2) is 5.93. The van der Waals surface area contributed by atoms with Crippen LogP contribution < -0.4 is 5.32 Å². The van der Waals surface area contributed by atoms with Crippen molar-refractivity contribution in [1.29, 1.82) is 0 Å². The van der Waals surface area contributed by atoms with Gasteiger partial charge < -0.3 is 9.73 Å². The summed E-state index contributed by atoms with van der Waals surface area (Å²) in [4.78, 5) is 16.4. The fourth-order valence-corrected chi connectivity index (χ4v) is 2.68. The summed E-state index contributed by atoms with van der Waals surface area (Å²) in [7, 11) is 0. The molecular weight excluding hydrogens is 284 g/mol. The average molecular weight is 298 g/mol. The molecule has 0 bridgehead atoms. The fourth-order valence-electron chi connectivity index (χ4n) is 1.88. The van der Waals surface area contributed by atoms with Gasteiger partial charge in [-0.3, -0.25) is 4.79 Å². The van der Waals surface area contributed by atoms with Crippen molar-refractivity contribution in [1.82, 2.24) is 10.3 Å². The first-order valence-electron chi connectivity index (χ1n) is 6.55. The van der Waals surface area contributed by atoms with E-state index in [0.717, 1.165) is 16.3 Å². The number of aryl methyl sites for hydroxylation is 1. The number of furan rings is 1. The predicted molar refractivity (Wildman–Crippen MR) is 82.2 cm³/mol. The van der Waals surface area contributed by atoms with Crippen molar-refractivity contribution >= 4 is 17.2 Å². The highest BCUT2D eigenvalue weighted by Crippen LogP contribution is 2.23. The Balaban J connectivity index is 1.69. The third kappa shape index (κ3) is 3.20. The lowest BCUT2D eigenvalue weighted by molar-refractivity contribution is 0.0944. The van der Waals surface area contributed by atoms with Crippen LogP contribution in [0.25, 0.3) is 10.6 Å². The van der Waals surface area contributed by atoms with Crippen molar-refractivity contribution in [2.24, 2.45) is 0 Å². The lowest BCUT2D eigenvalue weighted by Crippen LogP contribution is -2.22. The van der Waals surface area contributed by atoms with Crippen LogP contribution in [0.3, 0.4) is 0 Å². The lowest BCUT2D eigenvalue weighted by Gasteiger charge is -2.00. The van der Waals surface area contributed by atoms with Gasteiger partial charge in [0, 0.05) is 10.9 Å². The summed E-state index contributed by atoms with van der Waals surface area (Å²) in [5.41, 5.74) is 2.66. The van der Waals surface area contributed by atoms with E-state index in [1.54, 1.807) is 17.7 Å². The zero-order valence-corrected chi connectivity index (χ0v) is 12.3. The zero-order valence-electron chi connectivity index (χ0n) is 11.5. The number of hydrogen-bond donors (Lipinski definition) is 1. The zero-order chi connectivity index (χ0) is 14.7. The number of carbonyl (C=O) groups excluding carboxylic acids is 1. The number of thiazole rings is 1. The maximum atomic E-state index is 12.0. The van der Waals surface area contributed by atoms with Crippen LogP contribution in [-0.2, 0) is 6.54 Å². The van der Waals surface area contributed by atoms with E-state index in [4.69, 9.17) is 4.42 Å². The van der Waals surface area contributed by atoms with Crippen LogP contribution in [0.4, 0.5) is 0 Å². The van der Waals surface area contributed by atoms with Gasteiger partial charge in [0.15, 0.2) is 0 Å². The molecule has 0 fully saturated rings. The van der Waals surface area contributed by atoms with Crippen molar-refractivity contribution in [3.8, 4) is 10.6 Å². The Kier molecular flexibility index (Phi) is 3.83. The Labute approximate surface area is 126 Å². The summed E-state index contributed by atoms with van der Waals surface area (Å²) in [5.74, 6) is 0.526. The molecule has 0 aliphatic carbocycles. The molecule has 4 nitrogen and oxygen atoms in total. The number of nitrogens with zero attached hydrogens (tertiary/aromatic N) is 1. The van der Waals surface area contributed by atoms with Crippen LogP contribution in [0.15, 0.2) is 52.5 Å². The molecule has 3 rings (SSSR count). The second-order valence-electron chi connectivity index (χ2n) is 4.67. The molecule has 0 radical (unpaired) electrons. The number of amides is 1. The van der Waals surface area contributed by atoms with E-state index in [9.17, 15) is 4.79 Å². The first-order chi connectivity index (χ1) is 10.2. The average Bonchev–Trinajstić information content (AvgIpc) is 3.17. The third-order valence-corrected chi connectivity index (χ3v) is 3.93. The number of nitrogens with one attached hydrogen (secondary N) is 1. The maximum Gasteiger partial charge on any atom is 0.271 e. The highest BCUT2D eigenvalue weighted by atomic mass is 32.1. The van der Waals surface area contributed by atoms with E-state index < -0.39 is 0 Å². The van der Waals surface area contributed by atoms with Crippen LogP contribution in [0.5, 0.6) is 0 Å². The van der Waals surface area contributed by atoms with Crippen LogP contribution in [0.2, 0.25) is 0 Å². The minimum Gasteiger partial charge on any atom is -0.467 e. The summed E-state index contributed by atoms with van der Waals surface area (Å²) < 4.78 is 5.17. The molecule has 2 aromatic heterocycles. The third-order valence-electron chi connectivity index (χ3n) is 3.04. The maximum absolute atomic E-state index is 12.0. The van der Waals surface area contributed by atoms with Gasteiger partial charge in [-0.1, -0.05) is 29.8 Å². The fraction of sp³-hybridized carbons (Fsp3) is 0.125. The van der Waals surface area contributed by atoms with Gasteiger partial charge in [-0.15, -0.1) is 11.3 Å². The van der Waals surface area contributed by atoms with E-state index in [0.29, 0.717) is 12.2 Å².